The first-order valence-corrected chi connectivity index (χ1v) is 7.56. The van der Waals surface area contributed by atoms with Gasteiger partial charge in [-0.3, -0.25) is 10.2 Å². The second-order valence-corrected chi connectivity index (χ2v) is 6.07. The highest BCUT2D eigenvalue weighted by Crippen LogP contribution is 2.18. The Morgan fingerprint density at radius 1 is 1.38 bits per heavy atom. The Bertz CT molecular complexity index is 469. The van der Waals surface area contributed by atoms with Crippen LogP contribution < -0.4 is 11.3 Å². The van der Waals surface area contributed by atoms with Gasteiger partial charge in [0.1, 0.15) is 0 Å². The van der Waals surface area contributed by atoms with Crippen LogP contribution >= 0.6 is 0 Å². The van der Waals surface area contributed by atoms with E-state index in [4.69, 9.17) is 5.84 Å². The normalized spacial score (nSPS) is 17.1. The number of benzene rings is 1. The van der Waals surface area contributed by atoms with Gasteiger partial charge in [0, 0.05) is 18.7 Å². The average molecular weight is 290 g/mol. The highest BCUT2D eigenvalue weighted by Gasteiger charge is 2.19. The summed E-state index contributed by atoms with van der Waals surface area (Å²) in [7, 11) is 4.30. The number of nitrogens with two attached hydrogens (primary N) is 1. The minimum absolute atomic E-state index is 0.224. The van der Waals surface area contributed by atoms with Crippen molar-refractivity contribution in [2.24, 2.45) is 11.8 Å². The number of hydrogen-bond donors (Lipinski definition) is 2. The van der Waals surface area contributed by atoms with Crippen molar-refractivity contribution in [1.29, 1.82) is 0 Å². The maximum absolute atomic E-state index is 11.8. The second-order valence-electron chi connectivity index (χ2n) is 6.07. The van der Waals surface area contributed by atoms with Crippen molar-refractivity contribution in [1.82, 2.24) is 15.2 Å². The molecule has 1 saturated heterocycles. The molecule has 0 aliphatic carbocycles. The van der Waals surface area contributed by atoms with Crippen molar-refractivity contribution < 1.29 is 4.79 Å². The van der Waals surface area contributed by atoms with Crippen molar-refractivity contribution >= 4 is 5.91 Å². The molecular formula is C16H26N4O. The molecule has 0 atom stereocenters. The number of carbonyl (C=O) groups is 1. The molecule has 1 fully saturated rings. The number of amides is 1. The second kappa shape index (κ2) is 7.54. The van der Waals surface area contributed by atoms with E-state index in [0.29, 0.717) is 5.56 Å². The van der Waals surface area contributed by atoms with Gasteiger partial charge in [-0.1, -0.05) is 18.2 Å². The van der Waals surface area contributed by atoms with Gasteiger partial charge in [0.05, 0.1) is 0 Å². The van der Waals surface area contributed by atoms with Crippen molar-refractivity contribution in [2.45, 2.75) is 19.4 Å². The van der Waals surface area contributed by atoms with Gasteiger partial charge in [0.25, 0.3) is 5.91 Å². The fraction of sp³-hybridized carbons (Fsp3) is 0.562. The van der Waals surface area contributed by atoms with Gasteiger partial charge < -0.3 is 9.80 Å². The summed E-state index contributed by atoms with van der Waals surface area (Å²) in [5, 5.41) is 0. The summed E-state index contributed by atoms with van der Waals surface area (Å²) in [6.07, 6.45) is 2.51. The number of hydrogen-bond acceptors (Lipinski definition) is 4. The number of piperidine rings is 1. The molecule has 116 valence electrons. The minimum Gasteiger partial charge on any atom is -0.306 e. The van der Waals surface area contributed by atoms with Crippen LogP contribution in [-0.4, -0.2) is 49.4 Å². The zero-order chi connectivity index (χ0) is 15.2. The number of nitrogen functional groups attached to an aromatic ring is 1. The molecule has 1 amide bonds. The molecule has 1 aliphatic heterocycles. The molecule has 2 rings (SSSR count). The Morgan fingerprint density at radius 2 is 2.05 bits per heavy atom. The molecule has 5 nitrogen and oxygen atoms in total. The van der Waals surface area contributed by atoms with Gasteiger partial charge in [0.15, 0.2) is 0 Å². The van der Waals surface area contributed by atoms with Gasteiger partial charge in [0.2, 0.25) is 0 Å². The van der Waals surface area contributed by atoms with Crippen LogP contribution in [0.25, 0.3) is 0 Å². The number of nitrogens with zero attached hydrogens (tertiary/aromatic N) is 2. The largest absolute Gasteiger partial charge is 0.306 e. The van der Waals surface area contributed by atoms with Crippen LogP contribution in [0.3, 0.4) is 0 Å². The third-order valence-electron chi connectivity index (χ3n) is 4.24. The smallest absolute Gasteiger partial charge is 0.265 e. The van der Waals surface area contributed by atoms with Gasteiger partial charge in [-0.25, -0.2) is 5.84 Å². The minimum atomic E-state index is -0.224. The molecule has 3 N–H and O–H groups in total. The maximum Gasteiger partial charge on any atom is 0.265 e. The lowest BCUT2D eigenvalue weighted by atomic mass is 9.96. The van der Waals surface area contributed by atoms with Crippen molar-refractivity contribution in [2.75, 3.05) is 33.7 Å². The van der Waals surface area contributed by atoms with Crippen LogP contribution in [-0.2, 0) is 6.54 Å². The molecule has 1 aliphatic rings. The molecular weight excluding hydrogens is 264 g/mol. The highest BCUT2D eigenvalue weighted by atomic mass is 16.2. The molecule has 0 saturated carbocycles. The van der Waals surface area contributed by atoms with E-state index in [9.17, 15) is 4.79 Å². The number of rotatable bonds is 5. The fourth-order valence-electron chi connectivity index (χ4n) is 3.00. The van der Waals surface area contributed by atoms with E-state index in [2.05, 4.69) is 29.3 Å². The van der Waals surface area contributed by atoms with Crippen molar-refractivity contribution in [3.63, 3.8) is 0 Å². The predicted octanol–water partition coefficient (Wildman–Crippen LogP) is 1.06. The van der Waals surface area contributed by atoms with Crippen molar-refractivity contribution in [3.8, 4) is 0 Å². The van der Waals surface area contributed by atoms with E-state index in [1.165, 1.54) is 25.9 Å². The quantitative estimate of drug-likeness (QED) is 0.484. The number of hydrazine groups is 1. The molecule has 0 unspecified atom stereocenters. The third-order valence-corrected chi connectivity index (χ3v) is 4.24. The molecule has 1 heterocycles. The van der Waals surface area contributed by atoms with Crippen LogP contribution in [0.4, 0.5) is 0 Å². The number of likely N-dealkylation sites (tertiary alicyclic amines) is 1. The summed E-state index contributed by atoms with van der Waals surface area (Å²) in [6.45, 7) is 4.22. The fourth-order valence-corrected chi connectivity index (χ4v) is 3.00. The monoisotopic (exact) mass is 290 g/mol. The zero-order valence-electron chi connectivity index (χ0n) is 13.0. The lowest BCUT2D eigenvalue weighted by Gasteiger charge is -2.31. The predicted molar refractivity (Wildman–Crippen MR) is 84.7 cm³/mol. The topological polar surface area (TPSA) is 61.6 Å². The summed E-state index contributed by atoms with van der Waals surface area (Å²) >= 11 is 0. The summed E-state index contributed by atoms with van der Waals surface area (Å²) < 4.78 is 0. The first kappa shape index (κ1) is 15.9. The zero-order valence-corrected chi connectivity index (χ0v) is 13.0. The first-order valence-electron chi connectivity index (χ1n) is 7.56. The number of carbonyl (C=O) groups excluding carboxylic acids is 1. The van der Waals surface area contributed by atoms with Crippen LogP contribution in [0.15, 0.2) is 24.3 Å². The Hall–Kier alpha value is -1.43. The van der Waals surface area contributed by atoms with E-state index in [0.717, 1.165) is 24.6 Å². The molecule has 5 heteroatoms. The molecule has 1 aromatic rings. The van der Waals surface area contributed by atoms with E-state index in [1.54, 1.807) is 0 Å². The Kier molecular flexibility index (Phi) is 5.73. The van der Waals surface area contributed by atoms with Gasteiger partial charge in [-0.05, 0) is 57.6 Å². The van der Waals surface area contributed by atoms with Crippen LogP contribution in [0.5, 0.6) is 0 Å². The molecule has 0 bridgehead atoms. The highest BCUT2D eigenvalue weighted by molar-refractivity contribution is 5.95. The Balaban J connectivity index is 1.93. The third kappa shape index (κ3) is 4.52. The Labute approximate surface area is 127 Å². The van der Waals surface area contributed by atoms with E-state index >= 15 is 0 Å². The molecule has 21 heavy (non-hydrogen) atoms. The van der Waals surface area contributed by atoms with Gasteiger partial charge in [-0.15, -0.1) is 0 Å². The molecule has 0 radical (unpaired) electrons. The lowest BCUT2D eigenvalue weighted by Crippen LogP contribution is -2.36. The van der Waals surface area contributed by atoms with Crippen LogP contribution in [0.1, 0.15) is 28.8 Å². The van der Waals surface area contributed by atoms with Gasteiger partial charge in [-0.2, -0.15) is 0 Å². The van der Waals surface area contributed by atoms with Crippen LogP contribution in [0.2, 0.25) is 0 Å². The van der Waals surface area contributed by atoms with E-state index < -0.39 is 0 Å². The first-order chi connectivity index (χ1) is 10.1. The van der Waals surface area contributed by atoms with Crippen molar-refractivity contribution in [3.05, 3.63) is 35.4 Å². The average Bonchev–Trinajstić information content (AvgIpc) is 2.49. The SMILES string of the molecule is CN1CCC(CN(C)Cc2ccccc2C(=O)NN)CC1. The number of nitrogens with one attached hydrogen (secondary N) is 1. The van der Waals surface area contributed by atoms with E-state index in [-0.39, 0.29) is 5.91 Å². The van der Waals surface area contributed by atoms with Crippen LogP contribution in [0, 0.1) is 5.92 Å². The molecule has 0 aromatic heterocycles. The summed E-state index contributed by atoms with van der Waals surface area (Å²) in [5.41, 5.74) is 3.90. The lowest BCUT2D eigenvalue weighted by molar-refractivity contribution is 0.0951. The summed E-state index contributed by atoms with van der Waals surface area (Å²) in [4.78, 5) is 16.5. The molecule has 1 aromatic carbocycles. The van der Waals surface area contributed by atoms with Gasteiger partial charge >= 0.3 is 0 Å². The molecule has 0 spiro atoms. The summed E-state index contributed by atoms with van der Waals surface area (Å²) in [6, 6.07) is 7.65. The maximum atomic E-state index is 11.8. The Morgan fingerprint density at radius 3 is 2.71 bits per heavy atom. The van der Waals surface area contributed by atoms with E-state index in [1.807, 2.05) is 24.3 Å². The summed E-state index contributed by atoms with van der Waals surface area (Å²) in [5.74, 6) is 5.78. The standard InChI is InChI=1S/C16H26N4O/c1-19-9-7-13(8-10-19)11-20(2)12-14-5-3-4-6-15(14)16(21)18-17/h3-6,13H,7-12,17H2,1-2H3,(H,18,21).